The summed E-state index contributed by atoms with van der Waals surface area (Å²) < 4.78 is 10.5. The first-order valence-electron chi connectivity index (χ1n) is 4.24. The van der Waals surface area contributed by atoms with Crippen molar-refractivity contribution in [3.63, 3.8) is 0 Å². The molecule has 1 aromatic heterocycles. The molecule has 0 atom stereocenters. The highest BCUT2D eigenvalue weighted by molar-refractivity contribution is 5.83. The molecule has 2 aromatic rings. The zero-order chi connectivity index (χ0) is 9.10. The lowest BCUT2D eigenvalue weighted by atomic mass is 10.2. The minimum atomic E-state index is 0.467. The van der Waals surface area contributed by atoms with Crippen LogP contribution < -0.4 is 0 Å². The van der Waals surface area contributed by atoms with Crippen molar-refractivity contribution in [3.8, 4) is 0 Å². The first-order valence-corrected chi connectivity index (χ1v) is 4.24. The molecular weight excluding hydrogens is 164 g/mol. The molecule has 0 saturated heterocycles. The Morgan fingerprint density at radius 2 is 2.15 bits per heavy atom. The van der Waals surface area contributed by atoms with Crippen molar-refractivity contribution in [2.45, 2.75) is 6.61 Å². The van der Waals surface area contributed by atoms with Gasteiger partial charge in [-0.05, 0) is 6.92 Å². The van der Waals surface area contributed by atoms with E-state index in [-0.39, 0.29) is 0 Å². The van der Waals surface area contributed by atoms with Crippen LogP contribution in [-0.2, 0) is 11.3 Å². The molecule has 0 spiro atoms. The average Bonchev–Trinajstić information content (AvgIpc) is 2.58. The van der Waals surface area contributed by atoms with E-state index in [2.05, 4.69) is 6.92 Å². The first-order chi connectivity index (χ1) is 6.42. The second-order valence-corrected chi connectivity index (χ2v) is 2.80. The van der Waals surface area contributed by atoms with E-state index in [1.54, 1.807) is 6.26 Å². The number of rotatable bonds is 3. The summed E-state index contributed by atoms with van der Waals surface area (Å²) in [5, 5.41) is 2.24. The van der Waals surface area contributed by atoms with Crippen molar-refractivity contribution < 1.29 is 9.15 Å². The number of furan rings is 1. The average molecular weight is 175 g/mol. The Hall–Kier alpha value is -1.28. The molecule has 1 heterocycles. The van der Waals surface area contributed by atoms with Crippen LogP contribution in [0, 0.1) is 6.92 Å². The van der Waals surface area contributed by atoms with Crippen LogP contribution in [-0.4, -0.2) is 6.61 Å². The zero-order valence-corrected chi connectivity index (χ0v) is 7.32. The van der Waals surface area contributed by atoms with Crippen LogP contribution in [0.2, 0.25) is 0 Å². The maximum Gasteiger partial charge on any atom is 0.137 e. The van der Waals surface area contributed by atoms with E-state index in [0.717, 1.165) is 16.5 Å². The van der Waals surface area contributed by atoms with E-state index in [9.17, 15) is 0 Å². The van der Waals surface area contributed by atoms with Gasteiger partial charge in [-0.2, -0.15) is 0 Å². The lowest BCUT2D eigenvalue weighted by molar-refractivity contribution is 0.131. The van der Waals surface area contributed by atoms with Gasteiger partial charge in [-0.15, -0.1) is 0 Å². The highest BCUT2D eigenvalue weighted by Gasteiger charge is 2.03. The van der Waals surface area contributed by atoms with Crippen LogP contribution in [0.5, 0.6) is 0 Å². The third-order valence-corrected chi connectivity index (χ3v) is 1.97. The van der Waals surface area contributed by atoms with Gasteiger partial charge in [0.2, 0.25) is 0 Å². The highest BCUT2D eigenvalue weighted by Crippen LogP contribution is 2.20. The summed E-state index contributed by atoms with van der Waals surface area (Å²) in [6.45, 7) is 4.57. The summed E-state index contributed by atoms with van der Waals surface area (Å²) >= 11 is 0. The molecule has 13 heavy (non-hydrogen) atoms. The maximum absolute atomic E-state index is 5.36. The predicted octanol–water partition coefficient (Wildman–Crippen LogP) is 2.78. The molecule has 67 valence electrons. The van der Waals surface area contributed by atoms with Crippen molar-refractivity contribution in [2.24, 2.45) is 0 Å². The fourth-order valence-electron chi connectivity index (χ4n) is 1.33. The van der Waals surface area contributed by atoms with Gasteiger partial charge in [-0.1, -0.05) is 24.3 Å². The van der Waals surface area contributed by atoms with Crippen molar-refractivity contribution in [1.82, 2.24) is 0 Å². The Labute approximate surface area is 77.1 Å². The number of benzene rings is 1. The summed E-state index contributed by atoms with van der Waals surface area (Å²) in [5.74, 6) is 0.874. The topological polar surface area (TPSA) is 22.4 Å². The molecular formula is C11H11O2. The third kappa shape index (κ3) is 1.58. The van der Waals surface area contributed by atoms with Crippen LogP contribution in [0.3, 0.4) is 0 Å². The Bertz CT molecular complexity index is 390. The minimum absolute atomic E-state index is 0.467. The predicted molar refractivity (Wildman–Crippen MR) is 51.2 cm³/mol. The minimum Gasteiger partial charge on any atom is -0.466 e. The fraction of sp³-hybridized carbons (Fsp3) is 0.182. The van der Waals surface area contributed by atoms with Gasteiger partial charge in [0.1, 0.15) is 12.4 Å². The van der Waals surface area contributed by atoms with Gasteiger partial charge < -0.3 is 9.15 Å². The lowest BCUT2D eigenvalue weighted by Gasteiger charge is -1.96. The Balaban J connectivity index is 2.35. The quantitative estimate of drug-likeness (QED) is 0.715. The van der Waals surface area contributed by atoms with E-state index in [0.29, 0.717) is 13.2 Å². The summed E-state index contributed by atoms with van der Waals surface area (Å²) in [4.78, 5) is 0. The molecule has 0 aliphatic rings. The Morgan fingerprint density at radius 1 is 1.31 bits per heavy atom. The van der Waals surface area contributed by atoms with Gasteiger partial charge in [0.25, 0.3) is 0 Å². The SMILES string of the molecule is [CH2]COCc1occ2ccccc12. The Morgan fingerprint density at radius 3 is 3.00 bits per heavy atom. The fourth-order valence-corrected chi connectivity index (χ4v) is 1.33. The smallest absolute Gasteiger partial charge is 0.137 e. The van der Waals surface area contributed by atoms with E-state index in [4.69, 9.17) is 9.15 Å². The third-order valence-electron chi connectivity index (χ3n) is 1.97. The number of hydrogen-bond acceptors (Lipinski definition) is 2. The number of ether oxygens (including phenoxy) is 1. The van der Waals surface area contributed by atoms with Crippen molar-refractivity contribution in [3.05, 3.63) is 43.2 Å². The summed E-state index contributed by atoms with van der Waals surface area (Å²) in [7, 11) is 0. The molecule has 0 aliphatic carbocycles. The van der Waals surface area contributed by atoms with Gasteiger partial charge in [0.05, 0.1) is 6.26 Å². The molecule has 0 unspecified atom stereocenters. The van der Waals surface area contributed by atoms with Crippen molar-refractivity contribution in [1.29, 1.82) is 0 Å². The molecule has 1 aromatic carbocycles. The van der Waals surface area contributed by atoms with Gasteiger partial charge in [0, 0.05) is 17.4 Å². The zero-order valence-electron chi connectivity index (χ0n) is 7.32. The molecule has 1 radical (unpaired) electrons. The van der Waals surface area contributed by atoms with E-state index in [1.807, 2.05) is 24.3 Å². The lowest BCUT2D eigenvalue weighted by Crippen LogP contribution is -1.89. The molecule has 2 rings (SSSR count). The highest BCUT2D eigenvalue weighted by atomic mass is 16.5. The van der Waals surface area contributed by atoms with Crippen LogP contribution in [0.1, 0.15) is 5.76 Å². The molecule has 0 bridgehead atoms. The van der Waals surface area contributed by atoms with Crippen molar-refractivity contribution in [2.75, 3.05) is 6.61 Å². The molecule has 0 aliphatic heterocycles. The van der Waals surface area contributed by atoms with Crippen LogP contribution in [0.15, 0.2) is 34.9 Å². The summed E-state index contributed by atoms with van der Waals surface area (Å²) in [5.41, 5.74) is 0. The largest absolute Gasteiger partial charge is 0.466 e. The van der Waals surface area contributed by atoms with Gasteiger partial charge >= 0.3 is 0 Å². The maximum atomic E-state index is 5.36. The molecule has 0 amide bonds. The van der Waals surface area contributed by atoms with Gasteiger partial charge in [-0.25, -0.2) is 0 Å². The second-order valence-electron chi connectivity index (χ2n) is 2.80. The molecule has 2 nitrogen and oxygen atoms in total. The second kappa shape index (κ2) is 3.62. The monoisotopic (exact) mass is 175 g/mol. The molecule has 0 N–H and O–H groups in total. The molecule has 0 saturated carbocycles. The molecule has 0 fully saturated rings. The van der Waals surface area contributed by atoms with Crippen LogP contribution in [0.4, 0.5) is 0 Å². The Kier molecular flexibility index (Phi) is 2.32. The number of hydrogen-bond donors (Lipinski definition) is 0. The van der Waals surface area contributed by atoms with Gasteiger partial charge in [0.15, 0.2) is 0 Å². The van der Waals surface area contributed by atoms with E-state index >= 15 is 0 Å². The van der Waals surface area contributed by atoms with E-state index < -0.39 is 0 Å². The summed E-state index contributed by atoms with van der Waals surface area (Å²) in [6.07, 6.45) is 1.75. The van der Waals surface area contributed by atoms with Gasteiger partial charge in [-0.3, -0.25) is 0 Å². The first kappa shape index (κ1) is 8.32. The van der Waals surface area contributed by atoms with Crippen LogP contribution >= 0.6 is 0 Å². The number of fused-ring (bicyclic) bond motifs is 1. The van der Waals surface area contributed by atoms with Crippen LogP contribution in [0.25, 0.3) is 10.8 Å². The standard InChI is InChI=1S/C11H11O2/c1-2-12-8-11-10-6-4-3-5-9(10)7-13-11/h3-7H,1-2,8H2. The normalized spacial score (nSPS) is 10.8. The van der Waals surface area contributed by atoms with E-state index in [1.165, 1.54) is 0 Å². The molecule has 2 heteroatoms. The van der Waals surface area contributed by atoms with Crippen molar-refractivity contribution >= 4 is 10.8 Å². The summed E-state index contributed by atoms with van der Waals surface area (Å²) in [6, 6.07) is 8.03.